The summed E-state index contributed by atoms with van der Waals surface area (Å²) in [6.07, 6.45) is 0.635. The van der Waals surface area contributed by atoms with E-state index >= 15 is 0 Å². The van der Waals surface area contributed by atoms with Gasteiger partial charge in [0.05, 0.1) is 11.7 Å². The van der Waals surface area contributed by atoms with Crippen molar-refractivity contribution in [3.63, 3.8) is 0 Å². The molecule has 9 heteroatoms. The van der Waals surface area contributed by atoms with Gasteiger partial charge >= 0.3 is 0 Å². The molecule has 28 heavy (non-hydrogen) atoms. The largest absolute Gasteiger partial charge is 0.341 e. The van der Waals surface area contributed by atoms with Crippen molar-refractivity contribution >= 4 is 39.1 Å². The number of hydrogen-bond acceptors (Lipinski definition) is 4. The van der Waals surface area contributed by atoms with Crippen molar-refractivity contribution in [1.82, 2.24) is 14.5 Å². The van der Waals surface area contributed by atoms with Crippen molar-refractivity contribution in [3.05, 3.63) is 51.3 Å². The molecule has 2 aromatic heterocycles. The van der Waals surface area contributed by atoms with Crippen molar-refractivity contribution in [2.75, 3.05) is 13.1 Å². The number of fused-ring (bicyclic) bond motifs is 1. The molecule has 0 N–H and O–H groups in total. The zero-order chi connectivity index (χ0) is 19.9. The third-order valence-electron chi connectivity index (χ3n) is 4.87. The number of carbonyl (C=O) groups excluding carboxylic acids is 1. The number of benzene rings is 1. The zero-order valence-electron chi connectivity index (χ0n) is 14.7. The molecule has 3 heterocycles. The van der Waals surface area contributed by atoms with E-state index in [-0.39, 0.29) is 43.9 Å². The number of halogens is 3. The molecule has 0 bridgehead atoms. The van der Waals surface area contributed by atoms with Gasteiger partial charge in [-0.1, -0.05) is 23.7 Å². The summed E-state index contributed by atoms with van der Waals surface area (Å²) in [5.74, 6) is -3.08. The second-order valence-corrected chi connectivity index (χ2v) is 8.05. The van der Waals surface area contributed by atoms with Gasteiger partial charge in [0.25, 0.3) is 11.5 Å². The van der Waals surface area contributed by atoms with E-state index < -0.39 is 5.92 Å². The van der Waals surface area contributed by atoms with Crippen LogP contribution in [-0.2, 0) is 11.3 Å². The van der Waals surface area contributed by atoms with Gasteiger partial charge in [0.2, 0.25) is 5.91 Å². The number of carbonyl (C=O) groups is 1. The summed E-state index contributed by atoms with van der Waals surface area (Å²) >= 11 is 7.28. The van der Waals surface area contributed by atoms with Gasteiger partial charge < -0.3 is 4.90 Å². The highest BCUT2D eigenvalue weighted by Gasteiger charge is 2.35. The lowest BCUT2D eigenvalue weighted by Gasteiger charge is -2.31. The van der Waals surface area contributed by atoms with Gasteiger partial charge in [0, 0.05) is 41.9 Å². The predicted molar refractivity (Wildman–Crippen MR) is 105 cm³/mol. The van der Waals surface area contributed by atoms with E-state index in [1.54, 1.807) is 12.1 Å². The van der Waals surface area contributed by atoms with Crippen molar-refractivity contribution < 1.29 is 13.6 Å². The van der Waals surface area contributed by atoms with Crippen molar-refractivity contribution in [1.29, 1.82) is 0 Å². The topological polar surface area (TPSA) is 55.2 Å². The van der Waals surface area contributed by atoms with E-state index in [0.29, 0.717) is 15.2 Å². The molecule has 1 aliphatic heterocycles. The highest BCUT2D eigenvalue weighted by molar-refractivity contribution is 7.17. The maximum Gasteiger partial charge on any atom is 0.263 e. The lowest BCUT2D eigenvalue weighted by atomic mass is 10.1. The molecular formula is C19H16ClF2N3O2S. The molecule has 1 fully saturated rings. The molecule has 3 aromatic rings. The minimum atomic E-state index is -2.72. The van der Waals surface area contributed by atoms with Crippen molar-refractivity contribution in [3.8, 4) is 11.1 Å². The Kier molecular flexibility index (Phi) is 4.93. The van der Waals surface area contributed by atoms with Gasteiger partial charge in [-0.3, -0.25) is 14.2 Å². The van der Waals surface area contributed by atoms with E-state index in [4.69, 9.17) is 11.6 Å². The van der Waals surface area contributed by atoms with Crippen LogP contribution in [0.25, 0.3) is 21.3 Å². The molecular weight excluding hydrogens is 408 g/mol. The first kappa shape index (κ1) is 19.0. The van der Waals surface area contributed by atoms with Crippen LogP contribution in [0.2, 0.25) is 5.02 Å². The lowest BCUT2D eigenvalue weighted by molar-refractivity contribution is -0.137. The summed E-state index contributed by atoms with van der Waals surface area (Å²) in [4.78, 5) is 31.7. The van der Waals surface area contributed by atoms with Crippen LogP contribution in [0.1, 0.15) is 12.8 Å². The summed E-state index contributed by atoms with van der Waals surface area (Å²) in [5, 5.41) is 2.88. The van der Waals surface area contributed by atoms with Crippen LogP contribution in [0.5, 0.6) is 0 Å². The lowest BCUT2D eigenvalue weighted by Crippen LogP contribution is -2.44. The highest BCUT2D eigenvalue weighted by Crippen LogP contribution is 2.31. The van der Waals surface area contributed by atoms with Crippen molar-refractivity contribution in [2.24, 2.45) is 0 Å². The number of thiophene rings is 1. The molecule has 4 rings (SSSR count). The molecule has 0 saturated carbocycles. The summed E-state index contributed by atoms with van der Waals surface area (Å²) < 4.78 is 27.8. The molecule has 0 atom stereocenters. The Bertz CT molecular complexity index is 1080. The number of rotatable bonds is 3. The Morgan fingerprint density at radius 3 is 2.57 bits per heavy atom. The van der Waals surface area contributed by atoms with E-state index in [2.05, 4.69) is 4.98 Å². The SMILES string of the molecule is O=C(Cn1cnc2scc(-c3ccc(Cl)cc3)c2c1=O)N1CCC(F)(F)CC1. The number of piperidine rings is 1. The number of aromatic nitrogens is 2. The third kappa shape index (κ3) is 3.66. The van der Waals surface area contributed by atoms with Crippen molar-refractivity contribution in [2.45, 2.75) is 25.3 Å². The Morgan fingerprint density at radius 1 is 1.21 bits per heavy atom. The van der Waals surface area contributed by atoms with Crippen LogP contribution in [0.15, 0.2) is 40.8 Å². The number of hydrogen-bond donors (Lipinski definition) is 0. The average molecular weight is 424 g/mol. The van der Waals surface area contributed by atoms with Crippen LogP contribution >= 0.6 is 22.9 Å². The smallest absolute Gasteiger partial charge is 0.263 e. The molecule has 1 aliphatic rings. The molecule has 0 aliphatic carbocycles. The van der Waals surface area contributed by atoms with Gasteiger partial charge in [-0.25, -0.2) is 13.8 Å². The fraction of sp³-hybridized carbons (Fsp3) is 0.316. The second-order valence-electron chi connectivity index (χ2n) is 6.75. The first-order valence-corrected chi connectivity index (χ1v) is 9.98. The first-order valence-electron chi connectivity index (χ1n) is 8.72. The quantitative estimate of drug-likeness (QED) is 0.639. The first-order chi connectivity index (χ1) is 13.3. The van der Waals surface area contributed by atoms with E-state index in [1.165, 1.54) is 27.1 Å². The van der Waals surface area contributed by atoms with E-state index in [0.717, 1.165) is 11.1 Å². The monoisotopic (exact) mass is 423 g/mol. The number of amides is 1. The Morgan fingerprint density at radius 2 is 1.89 bits per heavy atom. The van der Waals surface area contributed by atoms with Gasteiger partial charge in [0.1, 0.15) is 11.4 Å². The van der Waals surface area contributed by atoms with Gasteiger partial charge in [-0.05, 0) is 17.7 Å². The number of nitrogens with zero attached hydrogens (tertiary/aromatic N) is 3. The molecule has 0 radical (unpaired) electrons. The Balaban J connectivity index is 1.63. The van der Waals surface area contributed by atoms with Gasteiger partial charge in [0.15, 0.2) is 0 Å². The standard InChI is InChI=1S/C19H16ClF2N3O2S/c20-13-3-1-12(2-4-13)14-10-28-17-16(14)18(27)25(11-23-17)9-15(26)24-7-5-19(21,22)6-8-24/h1-4,10-11H,5-9H2. The van der Waals surface area contributed by atoms with E-state index in [1.807, 2.05) is 17.5 Å². The summed E-state index contributed by atoms with van der Waals surface area (Å²) in [5.41, 5.74) is 1.23. The van der Waals surface area contributed by atoms with Gasteiger partial charge in [-0.2, -0.15) is 0 Å². The van der Waals surface area contributed by atoms with Crippen LogP contribution < -0.4 is 5.56 Å². The summed E-state index contributed by atoms with van der Waals surface area (Å²) in [6.45, 7) is -0.237. The Hall–Kier alpha value is -2.32. The molecule has 146 valence electrons. The molecule has 1 saturated heterocycles. The molecule has 5 nitrogen and oxygen atoms in total. The van der Waals surface area contributed by atoms with Crippen LogP contribution in [-0.4, -0.2) is 39.4 Å². The second kappa shape index (κ2) is 7.25. The summed E-state index contributed by atoms with van der Waals surface area (Å²) in [6, 6.07) is 7.12. The molecule has 1 aromatic carbocycles. The maximum absolute atomic E-state index is 13.3. The zero-order valence-corrected chi connectivity index (χ0v) is 16.3. The van der Waals surface area contributed by atoms with Gasteiger partial charge in [-0.15, -0.1) is 11.3 Å². The summed E-state index contributed by atoms with van der Waals surface area (Å²) in [7, 11) is 0. The average Bonchev–Trinajstić information content (AvgIpc) is 3.09. The van der Waals surface area contributed by atoms with E-state index in [9.17, 15) is 18.4 Å². The minimum absolute atomic E-state index is 0.00919. The van der Waals surface area contributed by atoms with Crippen LogP contribution in [0.4, 0.5) is 8.78 Å². The molecule has 0 spiro atoms. The normalized spacial score (nSPS) is 16.5. The molecule has 1 amide bonds. The predicted octanol–water partition coefficient (Wildman–Crippen LogP) is 4.04. The highest BCUT2D eigenvalue weighted by atomic mass is 35.5. The van der Waals surface area contributed by atoms with Crippen LogP contribution in [0, 0.1) is 0 Å². The Labute approximate surface area is 168 Å². The fourth-order valence-corrected chi connectivity index (χ4v) is 4.28. The third-order valence-corrected chi connectivity index (χ3v) is 6.01. The fourth-order valence-electron chi connectivity index (χ4n) is 3.25. The maximum atomic E-state index is 13.3. The minimum Gasteiger partial charge on any atom is -0.341 e. The van der Waals surface area contributed by atoms with Crippen LogP contribution in [0.3, 0.4) is 0 Å². The molecule has 0 unspecified atom stereocenters. The number of alkyl halides is 2. The number of likely N-dealkylation sites (tertiary alicyclic amines) is 1.